The second kappa shape index (κ2) is 7.85. The molecular weight excluding hydrogens is 316 g/mol. The first-order valence-corrected chi connectivity index (χ1v) is 9.28. The lowest BCUT2D eigenvalue weighted by Crippen LogP contribution is -2.48. The van der Waals surface area contributed by atoms with Gasteiger partial charge in [-0.3, -0.25) is 14.7 Å². The van der Waals surface area contributed by atoms with Crippen LogP contribution in [0.4, 0.5) is 0 Å². The molecule has 0 atom stereocenters. The highest BCUT2D eigenvalue weighted by Crippen LogP contribution is 2.09. The smallest absolute Gasteiger partial charge is 0.223 e. The summed E-state index contributed by atoms with van der Waals surface area (Å²) < 4.78 is 24.6. The Morgan fingerprint density at radius 3 is 2.52 bits per heavy atom. The van der Waals surface area contributed by atoms with Gasteiger partial charge < -0.3 is 4.90 Å². The van der Waals surface area contributed by atoms with Gasteiger partial charge in [-0.2, -0.15) is 0 Å². The van der Waals surface area contributed by atoms with Gasteiger partial charge >= 0.3 is 0 Å². The third-order valence-corrected chi connectivity index (χ3v) is 5.82. The number of carbonyl (C=O) groups excluding carboxylic acids is 1. The molecule has 1 fully saturated rings. The lowest BCUT2D eigenvalue weighted by molar-refractivity contribution is -0.132. The molecule has 1 aromatic heterocycles. The van der Waals surface area contributed by atoms with Crippen molar-refractivity contribution >= 4 is 15.9 Å². The molecule has 2 heterocycles. The lowest BCUT2D eigenvalue weighted by atomic mass is 10.2. The molecule has 0 aliphatic carbocycles. The van der Waals surface area contributed by atoms with Crippen LogP contribution in [0.15, 0.2) is 24.5 Å². The van der Waals surface area contributed by atoms with Crippen molar-refractivity contribution in [2.24, 2.45) is 0 Å². The van der Waals surface area contributed by atoms with Crippen LogP contribution in [-0.4, -0.2) is 79.4 Å². The van der Waals surface area contributed by atoms with Gasteiger partial charge in [-0.05, 0) is 11.6 Å². The van der Waals surface area contributed by atoms with E-state index < -0.39 is 10.0 Å². The van der Waals surface area contributed by atoms with Gasteiger partial charge in [0.2, 0.25) is 15.9 Å². The van der Waals surface area contributed by atoms with Crippen LogP contribution in [0.2, 0.25) is 0 Å². The minimum atomic E-state index is -3.31. The number of rotatable bonds is 6. The number of nitrogens with zero attached hydrogens (tertiary/aromatic N) is 4. The van der Waals surface area contributed by atoms with E-state index in [1.54, 1.807) is 11.1 Å². The molecule has 1 saturated heterocycles. The molecule has 0 unspecified atom stereocenters. The van der Waals surface area contributed by atoms with E-state index in [2.05, 4.69) is 9.88 Å². The second-order valence-electron chi connectivity index (χ2n) is 5.87. The van der Waals surface area contributed by atoms with Crippen molar-refractivity contribution in [1.29, 1.82) is 0 Å². The Hall–Kier alpha value is -1.51. The molecule has 1 aliphatic rings. The van der Waals surface area contributed by atoms with Crippen molar-refractivity contribution in [1.82, 2.24) is 19.1 Å². The Bertz CT molecular complexity index is 611. The molecule has 23 heavy (non-hydrogen) atoms. The van der Waals surface area contributed by atoms with Crippen LogP contribution >= 0.6 is 0 Å². The molecule has 8 heteroatoms. The van der Waals surface area contributed by atoms with Crippen molar-refractivity contribution in [2.75, 3.05) is 46.0 Å². The average molecular weight is 340 g/mol. The molecule has 0 spiro atoms. The molecule has 1 aliphatic heterocycles. The molecular formula is C15H24N4O3S. The normalized spacial score (nSPS) is 16.7. The maximum Gasteiger partial charge on any atom is 0.223 e. The number of aromatic nitrogens is 1. The van der Waals surface area contributed by atoms with Crippen LogP contribution < -0.4 is 0 Å². The summed E-state index contributed by atoms with van der Waals surface area (Å²) in [5.74, 6) is -0.217. The summed E-state index contributed by atoms with van der Waals surface area (Å²) in [6, 6.07) is 3.96. The van der Waals surface area contributed by atoms with E-state index in [0.717, 1.165) is 29.5 Å². The van der Waals surface area contributed by atoms with Crippen molar-refractivity contribution < 1.29 is 13.2 Å². The SMILES string of the molecule is CN(C)S(=O)(=O)CCC(=O)N1CCN(Cc2cccnc2)CC1. The lowest BCUT2D eigenvalue weighted by Gasteiger charge is -2.34. The Morgan fingerprint density at radius 2 is 1.96 bits per heavy atom. The summed E-state index contributed by atoms with van der Waals surface area (Å²) in [5, 5.41) is 0. The highest BCUT2D eigenvalue weighted by Gasteiger charge is 2.23. The van der Waals surface area contributed by atoms with Crippen molar-refractivity contribution in [3.63, 3.8) is 0 Å². The first-order chi connectivity index (χ1) is 10.9. The van der Waals surface area contributed by atoms with Gasteiger partial charge in [-0.15, -0.1) is 0 Å². The van der Waals surface area contributed by atoms with Crippen LogP contribution in [0.3, 0.4) is 0 Å². The Morgan fingerprint density at radius 1 is 1.26 bits per heavy atom. The monoisotopic (exact) mass is 340 g/mol. The number of sulfonamides is 1. The van der Waals surface area contributed by atoms with Crippen LogP contribution in [-0.2, 0) is 21.4 Å². The summed E-state index contributed by atoms with van der Waals surface area (Å²) >= 11 is 0. The molecule has 7 nitrogen and oxygen atoms in total. The summed E-state index contributed by atoms with van der Waals surface area (Å²) in [6.07, 6.45) is 3.65. The number of piperazine rings is 1. The standard InChI is InChI=1S/C15H24N4O3S/c1-17(2)23(21,22)11-5-15(20)19-9-7-18(8-10-19)13-14-4-3-6-16-12-14/h3-4,6,12H,5,7-11,13H2,1-2H3. The van der Waals surface area contributed by atoms with Crippen LogP contribution in [0.25, 0.3) is 0 Å². The van der Waals surface area contributed by atoms with E-state index in [-0.39, 0.29) is 18.1 Å². The first kappa shape index (κ1) is 17.8. The molecule has 0 saturated carbocycles. The molecule has 2 rings (SSSR count). The topological polar surface area (TPSA) is 73.8 Å². The summed E-state index contributed by atoms with van der Waals surface area (Å²) in [4.78, 5) is 20.3. The van der Waals surface area contributed by atoms with Gasteiger partial charge in [0.15, 0.2) is 0 Å². The zero-order valence-corrected chi connectivity index (χ0v) is 14.5. The highest BCUT2D eigenvalue weighted by molar-refractivity contribution is 7.89. The van der Waals surface area contributed by atoms with Gasteiger partial charge in [0.25, 0.3) is 0 Å². The molecule has 0 bridgehead atoms. The third-order valence-electron chi connectivity index (χ3n) is 3.98. The minimum Gasteiger partial charge on any atom is -0.340 e. The fraction of sp³-hybridized carbons (Fsp3) is 0.600. The number of hydrogen-bond donors (Lipinski definition) is 0. The number of amides is 1. The Balaban J connectivity index is 1.77. The summed E-state index contributed by atoms with van der Waals surface area (Å²) in [5.41, 5.74) is 1.16. The zero-order valence-electron chi connectivity index (χ0n) is 13.7. The highest BCUT2D eigenvalue weighted by atomic mass is 32.2. The van der Waals surface area contributed by atoms with Gasteiger partial charge in [-0.1, -0.05) is 6.07 Å². The van der Waals surface area contributed by atoms with Crippen molar-refractivity contribution in [3.05, 3.63) is 30.1 Å². The quantitative estimate of drug-likeness (QED) is 0.729. The molecule has 128 valence electrons. The van der Waals surface area contributed by atoms with E-state index in [1.807, 2.05) is 18.3 Å². The van der Waals surface area contributed by atoms with Gasteiger partial charge in [0.1, 0.15) is 0 Å². The van der Waals surface area contributed by atoms with E-state index >= 15 is 0 Å². The predicted molar refractivity (Wildman–Crippen MR) is 88.2 cm³/mol. The maximum atomic E-state index is 12.1. The molecule has 0 N–H and O–H groups in total. The van der Waals surface area contributed by atoms with Gasteiger partial charge in [0, 0.05) is 65.6 Å². The fourth-order valence-corrected chi connectivity index (χ4v) is 3.26. The number of pyridine rings is 1. The Kier molecular flexibility index (Phi) is 6.09. The fourth-order valence-electron chi connectivity index (χ4n) is 2.46. The largest absolute Gasteiger partial charge is 0.340 e. The zero-order chi connectivity index (χ0) is 16.9. The van der Waals surface area contributed by atoms with Crippen molar-refractivity contribution in [2.45, 2.75) is 13.0 Å². The van der Waals surface area contributed by atoms with Crippen molar-refractivity contribution in [3.8, 4) is 0 Å². The van der Waals surface area contributed by atoms with Crippen LogP contribution in [0, 0.1) is 0 Å². The van der Waals surface area contributed by atoms with Gasteiger partial charge in [0.05, 0.1) is 5.75 Å². The molecule has 1 amide bonds. The summed E-state index contributed by atoms with van der Waals surface area (Å²) in [6.45, 7) is 3.69. The molecule has 0 aromatic carbocycles. The second-order valence-corrected chi connectivity index (χ2v) is 8.17. The van der Waals surface area contributed by atoms with E-state index in [0.29, 0.717) is 13.1 Å². The number of carbonyl (C=O) groups is 1. The minimum absolute atomic E-state index is 0.0448. The van der Waals surface area contributed by atoms with E-state index in [1.165, 1.54) is 14.1 Å². The van der Waals surface area contributed by atoms with Crippen LogP contribution in [0.5, 0.6) is 0 Å². The number of hydrogen-bond acceptors (Lipinski definition) is 5. The van der Waals surface area contributed by atoms with E-state index in [4.69, 9.17) is 0 Å². The molecule has 1 aromatic rings. The average Bonchev–Trinajstić information content (AvgIpc) is 2.54. The Labute approximate surface area is 137 Å². The summed E-state index contributed by atoms with van der Waals surface area (Å²) in [7, 11) is -0.349. The first-order valence-electron chi connectivity index (χ1n) is 7.68. The maximum absolute atomic E-state index is 12.1. The third kappa shape index (κ3) is 5.26. The van der Waals surface area contributed by atoms with Gasteiger partial charge in [-0.25, -0.2) is 12.7 Å². The predicted octanol–water partition coefficient (Wildman–Crippen LogP) is 0.00730. The molecule has 0 radical (unpaired) electrons. The van der Waals surface area contributed by atoms with E-state index in [9.17, 15) is 13.2 Å². The van der Waals surface area contributed by atoms with Crippen LogP contribution in [0.1, 0.15) is 12.0 Å².